The van der Waals surface area contributed by atoms with Gasteiger partial charge in [-0.05, 0) is 31.6 Å². The van der Waals surface area contributed by atoms with Gasteiger partial charge in [-0.15, -0.1) is 0 Å². The van der Waals surface area contributed by atoms with Crippen molar-refractivity contribution in [1.82, 2.24) is 0 Å². The fourth-order valence-corrected chi connectivity index (χ4v) is 1.77. The van der Waals surface area contributed by atoms with Gasteiger partial charge in [0.25, 0.3) is 0 Å². The summed E-state index contributed by atoms with van der Waals surface area (Å²) in [6, 6.07) is 0. The molecule has 0 radical (unpaired) electrons. The van der Waals surface area contributed by atoms with Gasteiger partial charge in [0.05, 0.1) is 0 Å². The van der Waals surface area contributed by atoms with E-state index >= 15 is 0 Å². The molecule has 1 fully saturated rings. The lowest BCUT2D eigenvalue weighted by molar-refractivity contribution is 0.0477. The molecule has 3 heteroatoms. The van der Waals surface area contributed by atoms with Crippen LogP contribution in [0.5, 0.6) is 0 Å². The average molecular weight is 251 g/mol. The number of halogens is 1. The Morgan fingerprint density at radius 2 is 2.00 bits per heavy atom. The molecule has 1 saturated heterocycles. The molecule has 2 nitrogen and oxygen atoms in total. The van der Waals surface area contributed by atoms with E-state index in [9.17, 15) is 0 Å². The zero-order chi connectivity index (χ0) is 9.36. The Morgan fingerprint density at radius 1 is 1.23 bits per heavy atom. The van der Waals surface area contributed by atoms with E-state index in [1.165, 1.54) is 19.3 Å². The molecule has 0 unspecified atom stereocenters. The molecule has 0 N–H and O–H groups in total. The van der Waals surface area contributed by atoms with Gasteiger partial charge >= 0.3 is 0 Å². The van der Waals surface area contributed by atoms with Crippen LogP contribution < -0.4 is 0 Å². The average Bonchev–Trinajstić information content (AvgIpc) is 2.19. The van der Waals surface area contributed by atoms with Gasteiger partial charge in [-0.3, -0.25) is 0 Å². The summed E-state index contributed by atoms with van der Waals surface area (Å²) in [7, 11) is 0. The zero-order valence-corrected chi connectivity index (χ0v) is 9.72. The van der Waals surface area contributed by atoms with Crippen LogP contribution in [0.2, 0.25) is 0 Å². The van der Waals surface area contributed by atoms with Crippen LogP contribution in [-0.4, -0.2) is 31.8 Å². The number of alkyl halides is 1. The molecule has 0 bridgehead atoms. The molecule has 0 aliphatic carbocycles. The van der Waals surface area contributed by atoms with Crippen molar-refractivity contribution in [3.05, 3.63) is 0 Å². The molecule has 13 heavy (non-hydrogen) atoms. The van der Waals surface area contributed by atoms with E-state index in [1.54, 1.807) is 0 Å². The summed E-state index contributed by atoms with van der Waals surface area (Å²) >= 11 is 3.38. The van der Waals surface area contributed by atoms with Gasteiger partial charge in [0.15, 0.2) is 0 Å². The van der Waals surface area contributed by atoms with Crippen LogP contribution in [0.25, 0.3) is 0 Å². The molecule has 0 atom stereocenters. The minimum atomic E-state index is 0.845. The van der Waals surface area contributed by atoms with E-state index in [0.29, 0.717) is 0 Å². The van der Waals surface area contributed by atoms with Crippen molar-refractivity contribution < 1.29 is 9.47 Å². The van der Waals surface area contributed by atoms with Gasteiger partial charge in [0, 0.05) is 31.8 Å². The Balaban J connectivity index is 1.86. The minimum Gasteiger partial charge on any atom is -0.381 e. The van der Waals surface area contributed by atoms with Gasteiger partial charge in [-0.2, -0.15) is 0 Å². The fraction of sp³-hybridized carbons (Fsp3) is 1.00. The lowest BCUT2D eigenvalue weighted by atomic mass is 9.97. The molecule has 0 saturated carbocycles. The smallest absolute Gasteiger partial charge is 0.0474 e. The highest BCUT2D eigenvalue weighted by Gasteiger charge is 2.12. The van der Waals surface area contributed by atoms with Gasteiger partial charge in [-0.1, -0.05) is 15.9 Å². The molecular weight excluding hydrogens is 232 g/mol. The van der Waals surface area contributed by atoms with Crippen LogP contribution in [0.15, 0.2) is 0 Å². The van der Waals surface area contributed by atoms with E-state index < -0.39 is 0 Å². The summed E-state index contributed by atoms with van der Waals surface area (Å²) < 4.78 is 10.8. The summed E-state index contributed by atoms with van der Waals surface area (Å²) in [5.74, 6) is 0.845. The topological polar surface area (TPSA) is 18.5 Å². The normalized spacial score (nSPS) is 19.2. The molecule has 1 rings (SSSR count). The number of hydrogen-bond acceptors (Lipinski definition) is 2. The maximum absolute atomic E-state index is 5.51. The number of rotatable bonds is 6. The summed E-state index contributed by atoms with van der Waals surface area (Å²) in [5, 5.41) is 1.05. The Bertz CT molecular complexity index is 113. The van der Waals surface area contributed by atoms with Crippen LogP contribution in [-0.2, 0) is 9.47 Å². The Hall–Kier alpha value is 0.400. The van der Waals surface area contributed by atoms with Crippen molar-refractivity contribution in [2.75, 3.05) is 31.8 Å². The fourth-order valence-electron chi connectivity index (χ4n) is 1.54. The SMILES string of the molecule is BrCCCOCCC1CCOCC1. The zero-order valence-electron chi connectivity index (χ0n) is 8.14. The van der Waals surface area contributed by atoms with Crippen molar-refractivity contribution >= 4 is 15.9 Å². The van der Waals surface area contributed by atoms with E-state index in [1.807, 2.05) is 0 Å². The van der Waals surface area contributed by atoms with Gasteiger partial charge in [0.1, 0.15) is 0 Å². The van der Waals surface area contributed by atoms with Crippen LogP contribution in [0, 0.1) is 5.92 Å². The number of ether oxygens (including phenoxy) is 2. The third kappa shape index (κ3) is 5.66. The van der Waals surface area contributed by atoms with Gasteiger partial charge in [0.2, 0.25) is 0 Å². The van der Waals surface area contributed by atoms with Crippen molar-refractivity contribution in [1.29, 1.82) is 0 Å². The second kappa shape index (κ2) is 7.77. The summed E-state index contributed by atoms with van der Waals surface area (Å²) in [6.45, 7) is 3.73. The molecule has 0 aromatic rings. The highest BCUT2D eigenvalue weighted by Crippen LogP contribution is 2.17. The largest absolute Gasteiger partial charge is 0.381 e. The van der Waals surface area contributed by atoms with Crippen LogP contribution in [0.4, 0.5) is 0 Å². The van der Waals surface area contributed by atoms with Crippen molar-refractivity contribution in [2.45, 2.75) is 25.7 Å². The Labute approximate surface area is 89.1 Å². The summed E-state index contributed by atoms with van der Waals surface area (Å²) in [6.07, 6.45) is 4.78. The van der Waals surface area contributed by atoms with Gasteiger partial charge < -0.3 is 9.47 Å². The van der Waals surface area contributed by atoms with Crippen molar-refractivity contribution in [2.24, 2.45) is 5.92 Å². The first-order valence-corrected chi connectivity index (χ1v) is 6.27. The molecule has 1 aliphatic heterocycles. The second-order valence-electron chi connectivity index (χ2n) is 3.50. The lowest BCUT2D eigenvalue weighted by Crippen LogP contribution is -2.17. The first kappa shape index (κ1) is 11.5. The quantitative estimate of drug-likeness (QED) is 0.533. The first-order valence-electron chi connectivity index (χ1n) is 5.15. The molecule has 0 spiro atoms. The van der Waals surface area contributed by atoms with E-state index in [2.05, 4.69) is 15.9 Å². The molecular formula is C10H19BrO2. The summed E-state index contributed by atoms with van der Waals surface area (Å²) in [4.78, 5) is 0. The summed E-state index contributed by atoms with van der Waals surface area (Å²) in [5.41, 5.74) is 0. The molecule has 0 aromatic carbocycles. The predicted molar refractivity (Wildman–Crippen MR) is 57.4 cm³/mol. The maximum atomic E-state index is 5.51. The maximum Gasteiger partial charge on any atom is 0.0474 e. The highest BCUT2D eigenvalue weighted by atomic mass is 79.9. The third-order valence-corrected chi connectivity index (χ3v) is 2.99. The second-order valence-corrected chi connectivity index (χ2v) is 4.29. The first-order chi connectivity index (χ1) is 6.43. The minimum absolute atomic E-state index is 0.845. The lowest BCUT2D eigenvalue weighted by Gasteiger charge is -2.21. The molecule has 78 valence electrons. The molecule has 1 aliphatic rings. The molecule has 0 amide bonds. The Morgan fingerprint density at radius 3 is 2.69 bits per heavy atom. The predicted octanol–water partition coefficient (Wildman–Crippen LogP) is 2.60. The van der Waals surface area contributed by atoms with E-state index in [0.717, 1.165) is 44.1 Å². The monoisotopic (exact) mass is 250 g/mol. The van der Waals surface area contributed by atoms with Crippen molar-refractivity contribution in [3.8, 4) is 0 Å². The van der Waals surface area contributed by atoms with Crippen LogP contribution >= 0.6 is 15.9 Å². The standard InChI is InChI=1S/C10H19BrO2/c11-5-1-6-12-7-2-10-3-8-13-9-4-10/h10H,1-9H2. The van der Waals surface area contributed by atoms with Crippen LogP contribution in [0.1, 0.15) is 25.7 Å². The van der Waals surface area contributed by atoms with E-state index in [4.69, 9.17) is 9.47 Å². The highest BCUT2D eigenvalue weighted by molar-refractivity contribution is 9.09. The van der Waals surface area contributed by atoms with E-state index in [-0.39, 0.29) is 0 Å². The van der Waals surface area contributed by atoms with Crippen molar-refractivity contribution in [3.63, 3.8) is 0 Å². The molecule has 1 heterocycles. The van der Waals surface area contributed by atoms with Crippen LogP contribution in [0.3, 0.4) is 0 Å². The Kier molecular flexibility index (Phi) is 6.86. The number of hydrogen-bond donors (Lipinski definition) is 0. The molecule has 0 aromatic heterocycles. The van der Waals surface area contributed by atoms with Gasteiger partial charge in [-0.25, -0.2) is 0 Å². The third-order valence-electron chi connectivity index (χ3n) is 2.43.